The lowest BCUT2D eigenvalue weighted by molar-refractivity contribution is 0.379. The molecule has 1 aromatic carbocycles. The molecule has 10 heteroatoms. The van der Waals surface area contributed by atoms with Crippen LogP contribution < -0.4 is 15.5 Å². The lowest BCUT2D eigenvalue weighted by atomic mass is 9.91. The van der Waals surface area contributed by atoms with Crippen LogP contribution in [0.15, 0.2) is 43.0 Å². The van der Waals surface area contributed by atoms with Crippen molar-refractivity contribution < 1.29 is 8.78 Å². The molecule has 3 aromatic rings. The summed E-state index contributed by atoms with van der Waals surface area (Å²) in [5.74, 6) is 0.739. The third-order valence-electron chi connectivity index (χ3n) is 7.04. The van der Waals surface area contributed by atoms with Crippen molar-refractivity contribution in [1.29, 1.82) is 0 Å². The van der Waals surface area contributed by atoms with Crippen molar-refractivity contribution in [3.8, 4) is 0 Å². The largest absolute Gasteiger partial charge is 0.341 e. The smallest absolute Gasteiger partial charge is 0.225 e. The maximum Gasteiger partial charge on any atom is 0.225 e. The molecule has 2 atom stereocenters. The molecule has 0 unspecified atom stereocenters. The van der Waals surface area contributed by atoms with Crippen molar-refractivity contribution in [2.75, 3.05) is 36.0 Å². The lowest BCUT2D eigenvalue weighted by Gasteiger charge is -2.32. The molecule has 35 heavy (non-hydrogen) atoms. The van der Waals surface area contributed by atoms with E-state index in [0.29, 0.717) is 35.5 Å². The number of nitrogens with two attached hydrogens (primary N) is 1. The summed E-state index contributed by atoms with van der Waals surface area (Å²) in [6, 6.07) is 3.19. The molecule has 5 rings (SSSR count). The van der Waals surface area contributed by atoms with Crippen LogP contribution in [0.2, 0.25) is 5.02 Å². The Hall–Kier alpha value is -2.91. The summed E-state index contributed by atoms with van der Waals surface area (Å²) in [4.78, 5) is 21.9. The van der Waals surface area contributed by atoms with Gasteiger partial charge in [0.05, 0.1) is 17.4 Å². The van der Waals surface area contributed by atoms with E-state index in [0.717, 1.165) is 62.4 Å². The first-order chi connectivity index (χ1) is 17.0. The monoisotopic (exact) mass is 499 g/mol. The van der Waals surface area contributed by atoms with Gasteiger partial charge in [-0.3, -0.25) is 0 Å². The van der Waals surface area contributed by atoms with Crippen molar-refractivity contribution in [3.63, 3.8) is 0 Å². The maximum atomic E-state index is 14.3. The highest BCUT2D eigenvalue weighted by molar-refractivity contribution is 6.30. The van der Waals surface area contributed by atoms with Gasteiger partial charge in [-0.15, -0.1) is 0 Å². The molecule has 0 amide bonds. The highest BCUT2D eigenvalue weighted by Crippen LogP contribution is 2.31. The molecule has 184 valence electrons. The molecule has 0 radical (unpaired) electrons. The van der Waals surface area contributed by atoms with Crippen molar-refractivity contribution >= 4 is 23.5 Å². The van der Waals surface area contributed by atoms with Crippen LogP contribution in [-0.2, 0) is 6.42 Å². The molecule has 0 saturated carbocycles. The van der Waals surface area contributed by atoms with Crippen LogP contribution in [-0.4, -0.2) is 52.2 Å². The van der Waals surface area contributed by atoms with Crippen LogP contribution in [0.3, 0.4) is 0 Å². The second-order valence-electron chi connectivity index (χ2n) is 9.40. The molecular weight excluding hydrogens is 472 g/mol. The molecule has 0 aliphatic carbocycles. The van der Waals surface area contributed by atoms with Crippen molar-refractivity contribution in [1.82, 2.24) is 19.9 Å². The summed E-state index contributed by atoms with van der Waals surface area (Å²) in [6.45, 7) is 2.82. The number of hydrogen-bond acceptors (Lipinski definition) is 7. The summed E-state index contributed by atoms with van der Waals surface area (Å²) in [7, 11) is 0. The van der Waals surface area contributed by atoms with Crippen LogP contribution in [0.4, 0.5) is 20.7 Å². The minimum Gasteiger partial charge on any atom is -0.341 e. The second-order valence-corrected chi connectivity index (χ2v) is 9.84. The SMILES string of the molecule is N[C@H]1CN(c2ncc(CCC3CCN(c4ncc(Cl)cn4)CC3)cn2)C[C@@H]1c1cc(F)ccc1F. The fourth-order valence-corrected chi connectivity index (χ4v) is 5.12. The van der Waals surface area contributed by atoms with E-state index in [1.165, 1.54) is 6.07 Å². The molecular formula is C25H28ClF2N7. The van der Waals surface area contributed by atoms with Gasteiger partial charge in [0.1, 0.15) is 11.6 Å². The van der Waals surface area contributed by atoms with Crippen molar-refractivity contribution in [3.05, 3.63) is 70.8 Å². The van der Waals surface area contributed by atoms with E-state index in [-0.39, 0.29) is 12.0 Å². The molecule has 2 fully saturated rings. The Morgan fingerprint density at radius 1 is 0.914 bits per heavy atom. The van der Waals surface area contributed by atoms with E-state index in [1.54, 1.807) is 12.4 Å². The van der Waals surface area contributed by atoms with Gasteiger partial charge < -0.3 is 15.5 Å². The average molecular weight is 500 g/mol. The quantitative estimate of drug-likeness (QED) is 0.549. The molecule has 0 bridgehead atoms. The highest BCUT2D eigenvalue weighted by Gasteiger charge is 2.34. The first-order valence-corrected chi connectivity index (χ1v) is 12.3. The predicted octanol–water partition coefficient (Wildman–Crippen LogP) is 3.98. The number of aromatic nitrogens is 4. The summed E-state index contributed by atoms with van der Waals surface area (Å²) in [6.07, 6.45) is 11.2. The van der Waals surface area contributed by atoms with Crippen LogP contribution in [0.1, 0.15) is 36.3 Å². The fourth-order valence-electron chi connectivity index (χ4n) is 5.02. The number of anilines is 2. The second kappa shape index (κ2) is 10.4. The molecule has 0 spiro atoms. The van der Waals surface area contributed by atoms with Crippen molar-refractivity contribution in [2.45, 2.75) is 37.6 Å². The molecule has 2 aliphatic heterocycles. The van der Waals surface area contributed by atoms with E-state index in [2.05, 4.69) is 24.8 Å². The van der Waals surface area contributed by atoms with Crippen molar-refractivity contribution in [2.24, 2.45) is 11.7 Å². The average Bonchev–Trinajstić information content (AvgIpc) is 3.26. The number of nitrogens with zero attached hydrogens (tertiary/aromatic N) is 6. The van der Waals surface area contributed by atoms with Gasteiger partial charge in [-0.1, -0.05) is 11.6 Å². The van der Waals surface area contributed by atoms with E-state index in [4.69, 9.17) is 17.3 Å². The molecule has 2 saturated heterocycles. The minimum atomic E-state index is -0.461. The van der Waals surface area contributed by atoms with E-state index < -0.39 is 11.6 Å². The van der Waals surface area contributed by atoms with Crippen LogP contribution in [0, 0.1) is 17.6 Å². The van der Waals surface area contributed by atoms with E-state index in [1.807, 2.05) is 17.3 Å². The fraction of sp³-hybridized carbons (Fsp3) is 0.440. The predicted molar refractivity (Wildman–Crippen MR) is 132 cm³/mol. The van der Waals surface area contributed by atoms with Gasteiger partial charge >= 0.3 is 0 Å². The topological polar surface area (TPSA) is 84.1 Å². The molecule has 2 aliphatic rings. The Balaban J connectivity index is 1.12. The summed E-state index contributed by atoms with van der Waals surface area (Å²) in [5.41, 5.74) is 7.67. The van der Waals surface area contributed by atoms with Gasteiger partial charge in [0.2, 0.25) is 11.9 Å². The first kappa shape index (κ1) is 23.8. The summed E-state index contributed by atoms with van der Waals surface area (Å²) >= 11 is 5.88. The normalized spacial score (nSPS) is 21.0. The van der Waals surface area contributed by atoms with E-state index >= 15 is 0 Å². The summed E-state index contributed by atoms with van der Waals surface area (Å²) < 4.78 is 27.9. The Labute approximate surface area is 208 Å². The maximum absolute atomic E-state index is 14.3. The van der Waals surface area contributed by atoms with E-state index in [9.17, 15) is 8.78 Å². The Kier molecular flexibility index (Phi) is 7.06. The highest BCUT2D eigenvalue weighted by atomic mass is 35.5. The zero-order valence-electron chi connectivity index (χ0n) is 19.3. The molecule has 2 N–H and O–H groups in total. The molecule has 2 aromatic heterocycles. The first-order valence-electron chi connectivity index (χ1n) is 11.9. The number of benzene rings is 1. The van der Waals surface area contributed by atoms with Gasteiger partial charge in [0, 0.05) is 50.5 Å². The third-order valence-corrected chi connectivity index (χ3v) is 7.24. The summed E-state index contributed by atoms with van der Waals surface area (Å²) in [5, 5.41) is 0.546. The minimum absolute atomic E-state index is 0.307. The standard InChI is InChI=1S/C25H28ClF2N7/c26-18-12-32-24(33-13-18)34-7-5-16(6-8-34)1-2-17-10-30-25(31-11-17)35-14-21(23(29)15-35)20-9-19(27)3-4-22(20)28/h3-4,9-13,16,21,23H,1-2,5-8,14-15,29H2/t21-,23+/m1/s1. The molecule has 7 nitrogen and oxygen atoms in total. The molecule has 4 heterocycles. The number of aryl methyl sites for hydroxylation is 1. The number of piperidine rings is 1. The lowest BCUT2D eigenvalue weighted by Crippen LogP contribution is -2.35. The zero-order chi connectivity index (χ0) is 24.4. The Morgan fingerprint density at radius 3 is 2.29 bits per heavy atom. The van der Waals surface area contributed by atoms with Gasteiger partial charge in [0.15, 0.2) is 0 Å². The Bertz CT molecular complexity index is 1140. The van der Waals surface area contributed by atoms with Crippen LogP contribution in [0.5, 0.6) is 0 Å². The number of rotatable bonds is 6. The van der Waals surface area contributed by atoms with Gasteiger partial charge in [-0.2, -0.15) is 0 Å². The van der Waals surface area contributed by atoms with Gasteiger partial charge in [0.25, 0.3) is 0 Å². The zero-order valence-corrected chi connectivity index (χ0v) is 20.1. The number of hydrogen-bond donors (Lipinski definition) is 1. The Morgan fingerprint density at radius 2 is 1.57 bits per heavy atom. The van der Waals surface area contributed by atoms with Crippen LogP contribution >= 0.6 is 11.6 Å². The van der Waals surface area contributed by atoms with Gasteiger partial charge in [-0.25, -0.2) is 28.7 Å². The van der Waals surface area contributed by atoms with Crippen LogP contribution in [0.25, 0.3) is 0 Å². The third kappa shape index (κ3) is 5.51. The number of halogens is 3. The van der Waals surface area contributed by atoms with Gasteiger partial charge in [-0.05, 0) is 60.9 Å².